The van der Waals surface area contributed by atoms with Crippen LogP contribution in [0.2, 0.25) is 0 Å². The lowest BCUT2D eigenvalue weighted by molar-refractivity contribution is -0.0481. The van der Waals surface area contributed by atoms with Gasteiger partial charge in [0.25, 0.3) is 0 Å². The zero-order valence-electron chi connectivity index (χ0n) is 13.1. The van der Waals surface area contributed by atoms with Gasteiger partial charge in [0.1, 0.15) is 20.1 Å². The predicted octanol–water partition coefficient (Wildman–Crippen LogP) is 1.95. The molecule has 1 rings (SSSR count). The van der Waals surface area contributed by atoms with E-state index < -0.39 is 32.1 Å². The van der Waals surface area contributed by atoms with Gasteiger partial charge in [-0.25, -0.2) is 4.57 Å². The van der Waals surface area contributed by atoms with E-state index in [0.29, 0.717) is 0 Å². The summed E-state index contributed by atoms with van der Waals surface area (Å²) in [6, 6.07) is -0.579. The molecule has 1 N–H and O–H groups in total. The van der Waals surface area contributed by atoms with Crippen LogP contribution in [-0.2, 0) is 23.1 Å². The molecule has 1 heterocycles. The number of phosphoric acid groups is 1. The van der Waals surface area contributed by atoms with Gasteiger partial charge in [-0.2, -0.15) is 11.8 Å². The predicted molar refractivity (Wildman–Crippen MR) is 83.7 cm³/mol. The van der Waals surface area contributed by atoms with E-state index in [9.17, 15) is 9.46 Å². The second kappa shape index (κ2) is 8.34. The van der Waals surface area contributed by atoms with Gasteiger partial charge in [-0.1, -0.05) is 0 Å². The fourth-order valence-corrected chi connectivity index (χ4v) is 4.09. The van der Waals surface area contributed by atoms with Crippen LogP contribution < -0.4 is 0 Å². The van der Waals surface area contributed by atoms with E-state index in [1.54, 1.807) is 13.8 Å². The summed E-state index contributed by atoms with van der Waals surface area (Å²) < 4.78 is 33.4. The molecule has 1 aliphatic rings. The van der Waals surface area contributed by atoms with Gasteiger partial charge in [0.15, 0.2) is 0 Å². The molecule has 1 aliphatic heterocycles. The Morgan fingerprint density at radius 3 is 2.43 bits per heavy atom. The van der Waals surface area contributed by atoms with Crippen molar-refractivity contribution >= 4 is 27.4 Å². The highest BCUT2D eigenvalue weighted by Gasteiger charge is 2.46. The van der Waals surface area contributed by atoms with Gasteiger partial charge in [0.2, 0.25) is 0 Å². The molecule has 5 atom stereocenters. The molecule has 0 spiro atoms. The van der Waals surface area contributed by atoms with E-state index >= 15 is 0 Å². The molecule has 0 bridgehead atoms. The third kappa shape index (κ3) is 6.22. The van der Waals surface area contributed by atoms with Gasteiger partial charge in [-0.3, -0.25) is 9.05 Å². The third-order valence-electron chi connectivity index (χ3n) is 2.81. The molecule has 1 saturated heterocycles. The zero-order valence-corrected chi connectivity index (χ0v) is 14.8. The Hall–Kier alpha value is 0.445. The molecule has 6 nitrogen and oxygen atoms in total. The summed E-state index contributed by atoms with van der Waals surface area (Å²) in [7, 11) is 1.74. The standard InChI is InChI=1S/C12H24BO6PS/c1-7(2)16-6-9-10(11(21-5)12(13)17-9)19-20(14,15)18-8(3)4/h7-12H,6H2,1-5H3,(H,14,15)/t9?,10?,11-,12-/m1/s1. The van der Waals surface area contributed by atoms with Crippen molar-refractivity contribution in [2.24, 2.45) is 0 Å². The largest absolute Gasteiger partial charge is 0.472 e. The molecule has 1 fully saturated rings. The lowest BCUT2D eigenvalue weighted by Crippen LogP contribution is -2.35. The second-order valence-corrected chi connectivity index (χ2v) is 7.79. The molecule has 9 heteroatoms. The maximum Gasteiger partial charge on any atom is 0.472 e. The van der Waals surface area contributed by atoms with E-state index in [1.807, 2.05) is 20.1 Å². The maximum atomic E-state index is 12.0. The zero-order chi connectivity index (χ0) is 16.2. The average molecular weight is 338 g/mol. The number of thioether (sulfide) groups is 1. The molecule has 0 saturated carbocycles. The Morgan fingerprint density at radius 1 is 1.33 bits per heavy atom. The first kappa shape index (κ1) is 19.5. The first-order valence-electron chi connectivity index (χ1n) is 6.91. The summed E-state index contributed by atoms with van der Waals surface area (Å²) in [6.45, 7) is 7.36. The van der Waals surface area contributed by atoms with E-state index in [2.05, 4.69) is 0 Å². The van der Waals surface area contributed by atoms with Crippen LogP contribution in [0.15, 0.2) is 0 Å². The smallest absolute Gasteiger partial charge is 0.378 e. The third-order valence-corrected chi connectivity index (χ3v) is 5.09. The minimum absolute atomic E-state index is 0.0200. The van der Waals surface area contributed by atoms with Crippen LogP contribution in [0.4, 0.5) is 0 Å². The van der Waals surface area contributed by atoms with Crippen molar-refractivity contribution in [3.63, 3.8) is 0 Å². The Balaban J connectivity index is 2.77. The van der Waals surface area contributed by atoms with E-state index in [0.717, 1.165) is 0 Å². The summed E-state index contributed by atoms with van der Waals surface area (Å²) >= 11 is 1.43. The molecule has 3 unspecified atom stereocenters. The lowest BCUT2D eigenvalue weighted by atomic mass is 9.95. The van der Waals surface area contributed by atoms with Crippen molar-refractivity contribution in [3.8, 4) is 0 Å². The van der Waals surface area contributed by atoms with Gasteiger partial charge in [-0.15, -0.1) is 0 Å². The lowest BCUT2D eigenvalue weighted by Gasteiger charge is -2.26. The molecule has 21 heavy (non-hydrogen) atoms. The number of phosphoric ester groups is 1. The van der Waals surface area contributed by atoms with Crippen molar-refractivity contribution in [1.29, 1.82) is 0 Å². The number of hydrogen-bond donors (Lipinski definition) is 1. The molecule has 0 aromatic heterocycles. The summed E-state index contributed by atoms with van der Waals surface area (Å²) in [4.78, 5) is 9.80. The van der Waals surface area contributed by atoms with Crippen LogP contribution in [0.1, 0.15) is 27.7 Å². The van der Waals surface area contributed by atoms with Crippen molar-refractivity contribution in [1.82, 2.24) is 0 Å². The maximum absolute atomic E-state index is 12.0. The van der Waals surface area contributed by atoms with Crippen LogP contribution in [0, 0.1) is 0 Å². The van der Waals surface area contributed by atoms with E-state index in [1.165, 1.54) is 11.8 Å². The highest BCUT2D eigenvalue weighted by atomic mass is 32.2. The number of rotatable bonds is 8. The Labute approximate surface area is 132 Å². The van der Waals surface area contributed by atoms with E-state index in [-0.39, 0.29) is 18.0 Å². The molecule has 0 aromatic rings. The minimum Gasteiger partial charge on any atom is -0.378 e. The van der Waals surface area contributed by atoms with Gasteiger partial charge in [0, 0.05) is 6.00 Å². The Kier molecular flexibility index (Phi) is 7.74. The second-order valence-electron chi connectivity index (χ2n) is 5.41. The summed E-state index contributed by atoms with van der Waals surface area (Å²) in [5.74, 6) is 0. The van der Waals surface area contributed by atoms with Gasteiger partial charge < -0.3 is 14.4 Å². The fourth-order valence-electron chi connectivity index (χ4n) is 2.02. The van der Waals surface area contributed by atoms with Gasteiger partial charge >= 0.3 is 7.82 Å². The summed E-state index contributed by atoms with van der Waals surface area (Å²) in [5, 5.41) is -0.262. The summed E-state index contributed by atoms with van der Waals surface area (Å²) in [5.41, 5.74) is 0. The van der Waals surface area contributed by atoms with Crippen molar-refractivity contribution in [2.75, 3.05) is 12.9 Å². The fraction of sp³-hybridized carbons (Fsp3) is 1.00. The van der Waals surface area contributed by atoms with Crippen LogP contribution in [-0.4, -0.2) is 61.3 Å². The SMILES string of the molecule is [B][C@@H]1OC(COC(C)C)C(OP(=O)(O)OC(C)C)[C@H]1SC. The highest BCUT2D eigenvalue weighted by molar-refractivity contribution is 7.99. The number of ether oxygens (including phenoxy) is 2. The van der Waals surface area contributed by atoms with Crippen LogP contribution in [0.3, 0.4) is 0 Å². The molecule has 0 amide bonds. The normalized spacial score (nSPS) is 32.8. The Bertz CT molecular complexity index is 370. The summed E-state index contributed by atoms with van der Waals surface area (Å²) in [6.07, 6.45) is 0.280. The van der Waals surface area contributed by atoms with Crippen LogP contribution >= 0.6 is 19.6 Å². The minimum atomic E-state index is -4.16. The quantitative estimate of drug-likeness (QED) is 0.535. The van der Waals surface area contributed by atoms with Crippen molar-refractivity contribution in [2.45, 2.75) is 63.4 Å². The molecule has 0 aromatic carbocycles. The molecular weight excluding hydrogens is 314 g/mol. The first-order valence-corrected chi connectivity index (χ1v) is 9.69. The van der Waals surface area contributed by atoms with Crippen LogP contribution in [0.5, 0.6) is 0 Å². The van der Waals surface area contributed by atoms with Crippen molar-refractivity contribution < 1.29 is 28.0 Å². The first-order chi connectivity index (χ1) is 9.66. The Morgan fingerprint density at radius 2 is 1.95 bits per heavy atom. The molecule has 0 aliphatic carbocycles. The monoisotopic (exact) mass is 338 g/mol. The highest BCUT2D eigenvalue weighted by Crippen LogP contribution is 2.49. The van der Waals surface area contributed by atoms with Gasteiger partial charge in [-0.05, 0) is 34.0 Å². The number of hydrogen-bond acceptors (Lipinski definition) is 6. The van der Waals surface area contributed by atoms with Crippen molar-refractivity contribution in [3.05, 3.63) is 0 Å². The average Bonchev–Trinajstić information content (AvgIpc) is 2.59. The van der Waals surface area contributed by atoms with Crippen LogP contribution in [0.25, 0.3) is 0 Å². The van der Waals surface area contributed by atoms with E-state index in [4.69, 9.17) is 26.4 Å². The van der Waals surface area contributed by atoms with Gasteiger partial charge in [0.05, 0.1) is 24.1 Å². The molecular formula is C12H24BO6PS. The molecule has 122 valence electrons. The topological polar surface area (TPSA) is 74.2 Å². The molecule has 2 radical (unpaired) electrons.